The first-order valence-electron chi connectivity index (χ1n) is 4.22. The average molecular weight is 162 g/mol. The van der Waals surface area contributed by atoms with Gasteiger partial charge in [0.2, 0.25) is 0 Å². The summed E-state index contributed by atoms with van der Waals surface area (Å²) in [6.45, 7) is 4.72. The SMILES string of the molecule is C/C=C/c1ccc(OCC)cc1. The second-order valence-corrected chi connectivity index (χ2v) is 2.50. The molecular formula is C11H14O. The summed E-state index contributed by atoms with van der Waals surface area (Å²) in [5, 5.41) is 0. The number of hydrogen-bond donors (Lipinski definition) is 0. The molecule has 64 valence electrons. The Kier molecular flexibility index (Phi) is 3.39. The van der Waals surface area contributed by atoms with Gasteiger partial charge in [-0.05, 0) is 31.5 Å². The van der Waals surface area contributed by atoms with Gasteiger partial charge in [-0.15, -0.1) is 0 Å². The zero-order chi connectivity index (χ0) is 8.81. The largest absolute Gasteiger partial charge is 0.494 e. The minimum absolute atomic E-state index is 0.725. The van der Waals surface area contributed by atoms with Gasteiger partial charge in [-0.25, -0.2) is 0 Å². The van der Waals surface area contributed by atoms with E-state index in [0.29, 0.717) is 0 Å². The summed E-state index contributed by atoms with van der Waals surface area (Å²) in [5.74, 6) is 0.936. The van der Waals surface area contributed by atoms with Crippen molar-refractivity contribution < 1.29 is 4.74 Å². The van der Waals surface area contributed by atoms with Crippen molar-refractivity contribution in [2.45, 2.75) is 13.8 Å². The van der Waals surface area contributed by atoms with Crippen LogP contribution in [-0.2, 0) is 0 Å². The Morgan fingerprint density at radius 3 is 2.42 bits per heavy atom. The molecule has 0 aliphatic carbocycles. The van der Waals surface area contributed by atoms with E-state index in [9.17, 15) is 0 Å². The van der Waals surface area contributed by atoms with Crippen molar-refractivity contribution in [2.24, 2.45) is 0 Å². The number of ether oxygens (including phenoxy) is 1. The number of allylic oxidation sites excluding steroid dienone is 1. The van der Waals surface area contributed by atoms with E-state index in [2.05, 4.69) is 6.08 Å². The van der Waals surface area contributed by atoms with Crippen molar-refractivity contribution in [1.82, 2.24) is 0 Å². The van der Waals surface area contributed by atoms with E-state index >= 15 is 0 Å². The van der Waals surface area contributed by atoms with Gasteiger partial charge in [0.05, 0.1) is 6.61 Å². The lowest BCUT2D eigenvalue weighted by Crippen LogP contribution is -1.90. The van der Waals surface area contributed by atoms with Crippen LogP contribution in [0.3, 0.4) is 0 Å². The molecule has 0 aliphatic rings. The van der Waals surface area contributed by atoms with Crippen LogP contribution in [-0.4, -0.2) is 6.61 Å². The normalized spacial score (nSPS) is 10.5. The van der Waals surface area contributed by atoms with E-state index in [1.54, 1.807) is 0 Å². The van der Waals surface area contributed by atoms with Crippen LogP contribution in [0.2, 0.25) is 0 Å². The maximum Gasteiger partial charge on any atom is 0.119 e. The summed E-state index contributed by atoms with van der Waals surface area (Å²) in [5.41, 5.74) is 1.21. The van der Waals surface area contributed by atoms with Crippen molar-refractivity contribution in [1.29, 1.82) is 0 Å². The second kappa shape index (κ2) is 4.60. The zero-order valence-electron chi connectivity index (χ0n) is 7.58. The number of hydrogen-bond acceptors (Lipinski definition) is 1. The van der Waals surface area contributed by atoms with E-state index in [0.717, 1.165) is 12.4 Å². The van der Waals surface area contributed by atoms with Crippen molar-refractivity contribution in [2.75, 3.05) is 6.61 Å². The predicted octanol–water partition coefficient (Wildman–Crippen LogP) is 3.12. The van der Waals surface area contributed by atoms with Gasteiger partial charge >= 0.3 is 0 Å². The molecule has 0 N–H and O–H groups in total. The Morgan fingerprint density at radius 2 is 1.92 bits per heavy atom. The summed E-state index contributed by atoms with van der Waals surface area (Å²) in [7, 11) is 0. The maximum atomic E-state index is 5.31. The molecule has 12 heavy (non-hydrogen) atoms. The van der Waals surface area contributed by atoms with E-state index < -0.39 is 0 Å². The quantitative estimate of drug-likeness (QED) is 0.663. The third kappa shape index (κ3) is 2.42. The van der Waals surface area contributed by atoms with Crippen molar-refractivity contribution in [3.05, 3.63) is 35.9 Å². The first-order valence-corrected chi connectivity index (χ1v) is 4.22. The Bertz CT molecular complexity index is 246. The van der Waals surface area contributed by atoms with Gasteiger partial charge in [-0.1, -0.05) is 24.3 Å². The van der Waals surface area contributed by atoms with Crippen LogP contribution in [0.4, 0.5) is 0 Å². The molecule has 1 aromatic carbocycles. The molecule has 1 aromatic rings. The van der Waals surface area contributed by atoms with Crippen LogP contribution in [0.1, 0.15) is 19.4 Å². The first kappa shape index (κ1) is 8.85. The highest BCUT2D eigenvalue weighted by molar-refractivity contribution is 5.50. The van der Waals surface area contributed by atoms with Crippen LogP contribution >= 0.6 is 0 Å². The monoisotopic (exact) mass is 162 g/mol. The molecule has 0 spiro atoms. The summed E-state index contributed by atoms with van der Waals surface area (Å²) < 4.78 is 5.31. The number of benzene rings is 1. The third-order valence-corrected chi connectivity index (χ3v) is 1.55. The van der Waals surface area contributed by atoms with Crippen LogP contribution in [0.15, 0.2) is 30.3 Å². The molecule has 0 bridgehead atoms. The van der Waals surface area contributed by atoms with E-state index in [1.165, 1.54) is 5.56 Å². The van der Waals surface area contributed by atoms with Crippen LogP contribution in [0.5, 0.6) is 5.75 Å². The molecular weight excluding hydrogens is 148 g/mol. The summed E-state index contributed by atoms with van der Waals surface area (Å²) in [4.78, 5) is 0. The Hall–Kier alpha value is -1.24. The van der Waals surface area contributed by atoms with Gasteiger partial charge in [-0.3, -0.25) is 0 Å². The highest BCUT2D eigenvalue weighted by Gasteiger charge is 1.89. The summed E-state index contributed by atoms with van der Waals surface area (Å²) >= 11 is 0. The minimum atomic E-state index is 0.725. The van der Waals surface area contributed by atoms with Crippen molar-refractivity contribution in [3.63, 3.8) is 0 Å². The lowest BCUT2D eigenvalue weighted by Gasteiger charge is -2.01. The van der Waals surface area contributed by atoms with E-state index in [4.69, 9.17) is 4.74 Å². The smallest absolute Gasteiger partial charge is 0.119 e. The maximum absolute atomic E-state index is 5.31. The third-order valence-electron chi connectivity index (χ3n) is 1.55. The van der Waals surface area contributed by atoms with Crippen LogP contribution in [0, 0.1) is 0 Å². The summed E-state index contributed by atoms with van der Waals surface area (Å²) in [6, 6.07) is 8.06. The molecule has 1 nitrogen and oxygen atoms in total. The average Bonchev–Trinajstić information content (AvgIpc) is 2.09. The van der Waals surface area contributed by atoms with E-state index in [1.807, 2.05) is 44.2 Å². The molecule has 0 aliphatic heterocycles. The summed E-state index contributed by atoms with van der Waals surface area (Å²) in [6.07, 6.45) is 4.09. The van der Waals surface area contributed by atoms with E-state index in [-0.39, 0.29) is 0 Å². The molecule has 0 saturated carbocycles. The van der Waals surface area contributed by atoms with Gasteiger partial charge in [0.15, 0.2) is 0 Å². The molecule has 0 saturated heterocycles. The highest BCUT2D eigenvalue weighted by atomic mass is 16.5. The fraction of sp³-hybridized carbons (Fsp3) is 0.273. The fourth-order valence-corrected chi connectivity index (χ4v) is 1.03. The lowest BCUT2D eigenvalue weighted by molar-refractivity contribution is 0.340. The second-order valence-electron chi connectivity index (χ2n) is 2.50. The molecule has 0 unspecified atom stereocenters. The highest BCUT2D eigenvalue weighted by Crippen LogP contribution is 2.12. The first-order chi connectivity index (χ1) is 5.86. The fourth-order valence-electron chi connectivity index (χ4n) is 1.03. The van der Waals surface area contributed by atoms with Crippen molar-refractivity contribution in [3.8, 4) is 5.75 Å². The molecule has 0 atom stereocenters. The Labute approximate surface area is 73.7 Å². The standard InChI is InChI=1S/C11H14O/c1-3-5-10-6-8-11(9-7-10)12-4-2/h3,5-9H,4H2,1-2H3/b5-3+. The van der Waals surface area contributed by atoms with Gasteiger partial charge < -0.3 is 4.74 Å². The topological polar surface area (TPSA) is 9.23 Å². The van der Waals surface area contributed by atoms with Gasteiger partial charge in [0.1, 0.15) is 5.75 Å². The molecule has 1 heteroatoms. The van der Waals surface area contributed by atoms with Gasteiger partial charge in [0.25, 0.3) is 0 Å². The Morgan fingerprint density at radius 1 is 1.25 bits per heavy atom. The van der Waals surface area contributed by atoms with Gasteiger partial charge in [0, 0.05) is 0 Å². The predicted molar refractivity (Wildman–Crippen MR) is 52.3 cm³/mol. The molecule has 0 heterocycles. The molecule has 0 aromatic heterocycles. The zero-order valence-corrected chi connectivity index (χ0v) is 7.58. The molecule has 0 amide bonds. The molecule has 1 rings (SSSR count). The molecule has 0 radical (unpaired) electrons. The number of rotatable bonds is 3. The lowest BCUT2D eigenvalue weighted by atomic mass is 10.2. The minimum Gasteiger partial charge on any atom is -0.494 e. The van der Waals surface area contributed by atoms with Crippen LogP contribution in [0.25, 0.3) is 6.08 Å². The van der Waals surface area contributed by atoms with Crippen LogP contribution < -0.4 is 4.74 Å². The van der Waals surface area contributed by atoms with Gasteiger partial charge in [-0.2, -0.15) is 0 Å². The molecule has 0 fully saturated rings. The Balaban J connectivity index is 2.71. The van der Waals surface area contributed by atoms with Crippen molar-refractivity contribution >= 4 is 6.08 Å².